The van der Waals surface area contributed by atoms with Gasteiger partial charge in [-0.05, 0) is 34.4 Å². The van der Waals surface area contributed by atoms with Crippen LogP contribution < -0.4 is 0 Å². The molecule has 0 aliphatic rings. The van der Waals surface area contributed by atoms with Crippen molar-refractivity contribution in [1.29, 1.82) is 0 Å². The minimum absolute atomic E-state index is 0.525. The van der Waals surface area contributed by atoms with E-state index in [1.807, 2.05) is 0 Å². The largest absolute Gasteiger partial charge is 0.185 e. The van der Waals surface area contributed by atoms with Crippen LogP contribution in [0.5, 0.6) is 0 Å². The van der Waals surface area contributed by atoms with E-state index < -0.39 is 14.4 Å². The third-order valence-corrected chi connectivity index (χ3v) is 24.5. The highest BCUT2D eigenvalue weighted by Gasteiger charge is 2.36. The molecule has 22 heavy (non-hydrogen) atoms. The van der Waals surface area contributed by atoms with Crippen molar-refractivity contribution in [3.8, 4) is 0 Å². The zero-order chi connectivity index (χ0) is 17.7. The van der Waals surface area contributed by atoms with Gasteiger partial charge in [-0.1, -0.05) is 80.6 Å². The van der Waals surface area contributed by atoms with Gasteiger partial charge in [-0.15, -0.1) is 0 Å². The molecule has 0 radical (unpaired) electrons. The summed E-state index contributed by atoms with van der Waals surface area (Å²) in [6.07, 6.45) is 5.70. The lowest BCUT2D eigenvalue weighted by Crippen LogP contribution is -2.33. The van der Waals surface area contributed by atoms with E-state index in [4.69, 9.17) is 0 Å². The van der Waals surface area contributed by atoms with Crippen LogP contribution in [0.2, 0.25) is 36.3 Å². The second kappa shape index (κ2) is 9.00. The molecule has 0 aromatic heterocycles. The van der Waals surface area contributed by atoms with Gasteiger partial charge in [0.1, 0.15) is 14.4 Å². The van der Waals surface area contributed by atoms with Crippen molar-refractivity contribution in [3.63, 3.8) is 0 Å². The molecule has 0 fully saturated rings. The van der Waals surface area contributed by atoms with Crippen LogP contribution in [0.1, 0.15) is 67.2 Å². The summed E-state index contributed by atoms with van der Waals surface area (Å²) >= 11 is 4.60. The van der Waals surface area contributed by atoms with Crippen molar-refractivity contribution < 1.29 is 0 Å². The van der Waals surface area contributed by atoms with E-state index in [0.717, 1.165) is 0 Å². The molecule has 4 heteroatoms. The smallest absolute Gasteiger partial charge is 0.116 e. The molecule has 0 aliphatic heterocycles. The first-order valence-corrected chi connectivity index (χ1v) is 18.4. The topological polar surface area (TPSA) is 0 Å². The standard InChI is InChI=1S/C18H42S2Si2/c1-17(2,3)21(7,8)19-15-13-11-12-14-16-20-22(9,10)18(4,5)6/h11-16H2,1-10H3. The second-order valence-electron chi connectivity index (χ2n) is 9.63. The maximum atomic E-state index is 2.54. The molecular weight excluding hydrogens is 337 g/mol. The molecule has 0 rings (SSSR count). The van der Waals surface area contributed by atoms with Crippen molar-refractivity contribution in [2.24, 2.45) is 0 Å². The Labute approximate surface area is 151 Å². The average Bonchev–Trinajstić information content (AvgIpc) is 2.29. The molecule has 0 aromatic carbocycles. The lowest BCUT2D eigenvalue weighted by molar-refractivity contribution is 0.710. The van der Waals surface area contributed by atoms with E-state index in [1.165, 1.54) is 37.2 Å². The van der Waals surface area contributed by atoms with Crippen LogP contribution >= 0.6 is 22.4 Å². The van der Waals surface area contributed by atoms with Crippen molar-refractivity contribution >= 4 is 36.9 Å². The monoisotopic (exact) mass is 378 g/mol. The molecule has 0 aliphatic carbocycles. The van der Waals surface area contributed by atoms with E-state index in [0.29, 0.717) is 10.1 Å². The lowest BCUT2D eigenvalue weighted by atomic mass is 10.2. The van der Waals surface area contributed by atoms with E-state index >= 15 is 0 Å². The molecule has 0 unspecified atom stereocenters. The van der Waals surface area contributed by atoms with Crippen LogP contribution in [0.3, 0.4) is 0 Å². The zero-order valence-electron chi connectivity index (χ0n) is 17.1. The van der Waals surface area contributed by atoms with Crippen LogP contribution in [-0.2, 0) is 0 Å². The highest BCUT2D eigenvalue weighted by atomic mass is 32.4. The minimum atomic E-state index is -1.11. The molecule has 0 amide bonds. The van der Waals surface area contributed by atoms with Gasteiger partial charge in [0.15, 0.2) is 0 Å². The van der Waals surface area contributed by atoms with Gasteiger partial charge in [-0.3, -0.25) is 0 Å². The highest BCUT2D eigenvalue weighted by molar-refractivity contribution is 8.29. The van der Waals surface area contributed by atoms with Gasteiger partial charge in [0.2, 0.25) is 0 Å². The Morgan fingerprint density at radius 1 is 0.545 bits per heavy atom. The predicted octanol–water partition coefficient (Wildman–Crippen LogP) is 8.02. The summed E-state index contributed by atoms with van der Waals surface area (Å²) in [6, 6.07) is 0. The summed E-state index contributed by atoms with van der Waals surface area (Å²) in [5, 5.41) is 1.05. The van der Waals surface area contributed by atoms with Crippen LogP contribution in [0.25, 0.3) is 0 Å². The van der Waals surface area contributed by atoms with Crippen molar-refractivity contribution in [1.82, 2.24) is 0 Å². The first-order chi connectivity index (χ1) is 9.71. The van der Waals surface area contributed by atoms with Gasteiger partial charge < -0.3 is 0 Å². The molecule has 0 heterocycles. The molecule has 0 aromatic rings. The van der Waals surface area contributed by atoms with Crippen molar-refractivity contribution in [3.05, 3.63) is 0 Å². The molecule has 0 saturated heterocycles. The summed E-state index contributed by atoms with van der Waals surface area (Å²) in [7, 11) is -2.22. The maximum absolute atomic E-state index is 2.54. The Morgan fingerprint density at radius 2 is 0.818 bits per heavy atom. The molecule has 0 saturated carbocycles. The van der Waals surface area contributed by atoms with E-state index in [2.05, 4.69) is 90.2 Å². The third kappa shape index (κ3) is 8.30. The fourth-order valence-corrected chi connectivity index (χ4v) is 10.8. The van der Waals surface area contributed by atoms with E-state index in [-0.39, 0.29) is 0 Å². The summed E-state index contributed by atoms with van der Waals surface area (Å²) < 4.78 is 0. The van der Waals surface area contributed by atoms with Gasteiger partial charge in [0.05, 0.1) is 0 Å². The lowest BCUT2D eigenvalue weighted by Gasteiger charge is -2.36. The highest BCUT2D eigenvalue weighted by Crippen LogP contribution is 2.44. The summed E-state index contributed by atoms with van der Waals surface area (Å²) in [5.74, 6) is 2.76. The van der Waals surface area contributed by atoms with E-state index in [9.17, 15) is 0 Å². The predicted molar refractivity (Wildman–Crippen MR) is 118 cm³/mol. The van der Waals surface area contributed by atoms with Crippen molar-refractivity contribution in [2.45, 2.75) is 103 Å². The Kier molecular flexibility index (Phi) is 9.47. The number of hydrogen-bond acceptors (Lipinski definition) is 2. The van der Waals surface area contributed by atoms with Gasteiger partial charge in [0, 0.05) is 0 Å². The molecule has 0 spiro atoms. The van der Waals surface area contributed by atoms with Crippen LogP contribution in [0, 0.1) is 0 Å². The number of rotatable bonds is 9. The number of hydrogen-bond donors (Lipinski definition) is 0. The van der Waals surface area contributed by atoms with Gasteiger partial charge >= 0.3 is 0 Å². The maximum Gasteiger partial charge on any atom is 0.116 e. The van der Waals surface area contributed by atoms with Crippen molar-refractivity contribution in [2.75, 3.05) is 11.5 Å². The quantitative estimate of drug-likeness (QED) is 0.294. The van der Waals surface area contributed by atoms with Crippen LogP contribution in [-0.4, -0.2) is 26.0 Å². The first kappa shape index (κ1) is 23.1. The Morgan fingerprint density at radius 3 is 1.05 bits per heavy atom. The minimum Gasteiger partial charge on any atom is -0.185 e. The van der Waals surface area contributed by atoms with Gasteiger partial charge in [-0.25, -0.2) is 0 Å². The molecule has 0 atom stereocenters. The molecule has 0 nitrogen and oxygen atoms in total. The Balaban J connectivity index is 3.73. The third-order valence-electron chi connectivity index (χ3n) is 5.58. The summed E-state index contributed by atoms with van der Waals surface area (Å²) in [5.41, 5.74) is 0. The molecule has 134 valence electrons. The average molecular weight is 379 g/mol. The SMILES string of the molecule is CC(C)(C)[Si](C)(C)SCCCCCCS[Si](C)(C)C(C)(C)C. The summed E-state index contributed by atoms with van der Waals surface area (Å²) in [4.78, 5) is 0. The first-order valence-electron chi connectivity index (χ1n) is 8.99. The van der Waals surface area contributed by atoms with E-state index in [1.54, 1.807) is 0 Å². The van der Waals surface area contributed by atoms with Crippen LogP contribution in [0.4, 0.5) is 0 Å². The Hall–Kier alpha value is 1.13. The second-order valence-corrected chi connectivity index (χ2v) is 27.9. The fraction of sp³-hybridized carbons (Fsp3) is 1.00. The molecule has 0 bridgehead atoms. The van der Waals surface area contributed by atoms with Gasteiger partial charge in [0.25, 0.3) is 0 Å². The van der Waals surface area contributed by atoms with Crippen LogP contribution in [0.15, 0.2) is 0 Å². The zero-order valence-corrected chi connectivity index (χ0v) is 20.7. The fourth-order valence-electron chi connectivity index (χ4n) is 1.65. The summed E-state index contributed by atoms with van der Waals surface area (Å²) in [6.45, 7) is 24.7. The molecular formula is C18H42S2Si2. The Bertz CT molecular complexity index is 280. The normalized spacial score (nSPS) is 14.5. The molecule has 0 N–H and O–H groups in total. The van der Waals surface area contributed by atoms with Gasteiger partial charge in [-0.2, -0.15) is 22.4 Å². The number of unbranched alkanes of at least 4 members (excludes halogenated alkanes) is 3.